The quantitative estimate of drug-likeness (QED) is 0.759. The van der Waals surface area contributed by atoms with Gasteiger partial charge in [-0.05, 0) is 12.1 Å². The Morgan fingerprint density at radius 2 is 2.08 bits per heavy atom. The number of hydrogen-bond donors (Lipinski definition) is 0. The summed E-state index contributed by atoms with van der Waals surface area (Å²) in [6.07, 6.45) is 0.784. The summed E-state index contributed by atoms with van der Waals surface area (Å²) < 4.78 is 7.66. The fraction of sp³-hybridized carbons (Fsp3) is 0.375. The third-order valence-electron chi connectivity index (χ3n) is 4.35. The molecule has 8 nitrogen and oxygen atoms in total. The van der Waals surface area contributed by atoms with E-state index in [2.05, 4.69) is 10.1 Å². The number of nitrogens with zero attached hydrogens (tertiary/aromatic N) is 5. The highest BCUT2D eigenvalue weighted by atomic mass is 16.5. The molecule has 0 spiro atoms. The van der Waals surface area contributed by atoms with Crippen molar-refractivity contribution in [3.05, 3.63) is 36.4 Å². The molecule has 2 aliphatic heterocycles. The molecule has 1 aromatic carbocycles. The predicted octanol–water partition coefficient (Wildman–Crippen LogP) is 0.434. The summed E-state index contributed by atoms with van der Waals surface area (Å²) in [5.41, 5.74) is 0.701. The normalized spacial score (nSPS) is 19.3. The first kappa shape index (κ1) is 14.7. The third kappa shape index (κ3) is 2.40. The van der Waals surface area contributed by atoms with Crippen molar-refractivity contribution in [3.63, 3.8) is 0 Å². The molecule has 8 heteroatoms. The Labute approximate surface area is 138 Å². The summed E-state index contributed by atoms with van der Waals surface area (Å²) in [7, 11) is 0. The Hall–Kier alpha value is -2.90. The largest absolute Gasteiger partial charge is 0.476 e. The fourth-order valence-electron chi connectivity index (χ4n) is 3.12. The van der Waals surface area contributed by atoms with Crippen LogP contribution in [0.4, 0.5) is 5.69 Å². The predicted molar refractivity (Wildman–Crippen MR) is 84.3 cm³/mol. The van der Waals surface area contributed by atoms with Gasteiger partial charge in [0.15, 0.2) is 6.10 Å². The van der Waals surface area contributed by atoms with Gasteiger partial charge in [0.25, 0.3) is 5.91 Å². The van der Waals surface area contributed by atoms with E-state index in [1.165, 1.54) is 13.3 Å². The second-order valence-corrected chi connectivity index (χ2v) is 5.86. The van der Waals surface area contributed by atoms with Gasteiger partial charge in [0.1, 0.15) is 17.9 Å². The van der Waals surface area contributed by atoms with Crippen LogP contribution in [0.2, 0.25) is 0 Å². The number of ether oxygens (including phenoxy) is 1. The van der Waals surface area contributed by atoms with Crippen molar-refractivity contribution in [1.29, 1.82) is 0 Å². The van der Waals surface area contributed by atoms with E-state index >= 15 is 0 Å². The number of amides is 2. The van der Waals surface area contributed by atoms with Crippen LogP contribution < -0.4 is 9.64 Å². The lowest BCUT2D eigenvalue weighted by atomic mass is 10.1. The molecule has 2 amide bonds. The summed E-state index contributed by atoms with van der Waals surface area (Å²) in [5, 5.41) is 4.11. The summed E-state index contributed by atoms with van der Waals surface area (Å²) in [6.45, 7) is 3.28. The molecular weight excluding hydrogens is 310 g/mol. The Balaban J connectivity index is 1.57. The lowest BCUT2D eigenvalue weighted by Crippen LogP contribution is -2.52. The van der Waals surface area contributed by atoms with Gasteiger partial charge in [-0.25, -0.2) is 9.67 Å². The van der Waals surface area contributed by atoms with Gasteiger partial charge in [-0.15, -0.1) is 0 Å². The molecule has 0 saturated carbocycles. The molecule has 0 fully saturated rings. The van der Waals surface area contributed by atoms with Crippen molar-refractivity contribution in [1.82, 2.24) is 19.7 Å². The van der Waals surface area contributed by atoms with Gasteiger partial charge in [-0.1, -0.05) is 12.1 Å². The minimum Gasteiger partial charge on any atom is -0.476 e. The van der Waals surface area contributed by atoms with Crippen LogP contribution >= 0.6 is 0 Å². The zero-order valence-corrected chi connectivity index (χ0v) is 13.3. The Morgan fingerprint density at radius 1 is 1.25 bits per heavy atom. The minimum absolute atomic E-state index is 0.109. The zero-order chi connectivity index (χ0) is 16.7. The van der Waals surface area contributed by atoms with Crippen LogP contribution in [0.5, 0.6) is 5.75 Å². The molecule has 24 heavy (non-hydrogen) atoms. The van der Waals surface area contributed by atoms with E-state index in [0.717, 1.165) is 5.82 Å². The molecule has 2 aliphatic rings. The molecule has 0 radical (unpaired) electrons. The first-order valence-corrected chi connectivity index (χ1v) is 7.83. The summed E-state index contributed by atoms with van der Waals surface area (Å²) >= 11 is 0. The second kappa shape index (κ2) is 5.63. The standard InChI is InChI=1S/C16H17N5O3/c1-11(22)20-8-14(24-13-5-3-2-4-12(13)20)16(23)19-6-7-21-15(9-19)17-10-18-21/h2-5,10,14H,6-9H2,1H3. The van der Waals surface area contributed by atoms with Crippen LogP contribution in [0.25, 0.3) is 0 Å². The number of hydrogen-bond acceptors (Lipinski definition) is 5. The Bertz CT molecular complexity index is 803. The number of anilines is 1. The van der Waals surface area contributed by atoms with E-state index in [1.54, 1.807) is 20.5 Å². The fourth-order valence-corrected chi connectivity index (χ4v) is 3.12. The summed E-state index contributed by atoms with van der Waals surface area (Å²) in [5.74, 6) is 1.07. The van der Waals surface area contributed by atoms with Gasteiger partial charge < -0.3 is 14.5 Å². The number of carbonyl (C=O) groups excluding carboxylic acids is 2. The molecule has 1 atom stereocenters. The third-order valence-corrected chi connectivity index (χ3v) is 4.35. The number of fused-ring (bicyclic) bond motifs is 2. The first-order valence-electron chi connectivity index (χ1n) is 7.83. The van der Waals surface area contributed by atoms with Gasteiger partial charge in [0.05, 0.1) is 25.3 Å². The average Bonchev–Trinajstić information content (AvgIpc) is 3.07. The topological polar surface area (TPSA) is 80.6 Å². The highest BCUT2D eigenvalue weighted by molar-refractivity contribution is 5.95. The van der Waals surface area contributed by atoms with E-state index in [0.29, 0.717) is 31.1 Å². The molecule has 4 rings (SSSR count). The molecule has 0 bridgehead atoms. The molecule has 0 aliphatic carbocycles. The second-order valence-electron chi connectivity index (χ2n) is 5.86. The van der Waals surface area contributed by atoms with Crippen LogP contribution in [-0.4, -0.2) is 50.7 Å². The molecule has 1 unspecified atom stereocenters. The molecule has 0 saturated heterocycles. The Morgan fingerprint density at radius 3 is 2.92 bits per heavy atom. The maximum Gasteiger partial charge on any atom is 0.266 e. The van der Waals surface area contributed by atoms with E-state index in [9.17, 15) is 9.59 Å². The maximum absolute atomic E-state index is 12.9. The molecule has 0 N–H and O–H groups in total. The zero-order valence-electron chi connectivity index (χ0n) is 13.3. The lowest BCUT2D eigenvalue weighted by Gasteiger charge is -2.36. The lowest BCUT2D eigenvalue weighted by molar-refractivity contribution is -0.140. The number of rotatable bonds is 1. The highest BCUT2D eigenvalue weighted by Crippen LogP contribution is 2.33. The summed E-state index contributed by atoms with van der Waals surface area (Å²) in [4.78, 5) is 32.3. The van der Waals surface area contributed by atoms with Gasteiger partial charge in [-0.2, -0.15) is 5.10 Å². The van der Waals surface area contributed by atoms with Crippen molar-refractivity contribution in [3.8, 4) is 5.75 Å². The van der Waals surface area contributed by atoms with Crippen molar-refractivity contribution in [2.75, 3.05) is 18.0 Å². The van der Waals surface area contributed by atoms with Crippen molar-refractivity contribution < 1.29 is 14.3 Å². The van der Waals surface area contributed by atoms with Crippen LogP contribution in [0, 0.1) is 0 Å². The van der Waals surface area contributed by atoms with Crippen LogP contribution in [0.1, 0.15) is 12.7 Å². The monoisotopic (exact) mass is 327 g/mol. The number of aromatic nitrogens is 3. The van der Waals surface area contributed by atoms with Gasteiger partial charge >= 0.3 is 0 Å². The van der Waals surface area contributed by atoms with Crippen LogP contribution in [0.15, 0.2) is 30.6 Å². The van der Waals surface area contributed by atoms with Gasteiger partial charge in [0, 0.05) is 13.5 Å². The number of para-hydroxylation sites is 2. The van der Waals surface area contributed by atoms with Crippen molar-refractivity contribution in [2.45, 2.75) is 26.1 Å². The first-order chi connectivity index (χ1) is 11.6. The van der Waals surface area contributed by atoms with Crippen LogP contribution in [0.3, 0.4) is 0 Å². The smallest absolute Gasteiger partial charge is 0.266 e. The van der Waals surface area contributed by atoms with E-state index in [-0.39, 0.29) is 18.4 Å². The van der Waals surface area contributed by atoms with E-state index in [1.807, 2.05) is 18.2 Å². The summed E-state index contributed by atoms with van der Waals surface area (Å²) in [6, 6.07) is 7.27. The number of benzene rings is 1. The van der Waals surface area contributed by atoms with Gasteiger partial charge in [0.2, 0.25) is 5.91 Å². The maximum atomic E-state index is 12.9. The average molecular weight is 327 g/mol. The van der Waals surface area contributed by atoms with E-state index < -0.39 is 6.10 Å². The number of carbonyl (C=O) groups is 2. The van der Waals surface area contributed by atoms with Crippen molar-refractivity contribution >= 4 is 17.5 Å². The van der Waals surface area contributed by atoms with Crippen molar-refractivity contribution in [2.24, 2.45) is 0 Å². The molecule has 124 valence electrons. The molecule has 1 aromatic heterocycles. The van der Waals surface area contributed by atoms with Crippen LogP contribution in [-0.2, 0) is 22.7 Å². The SMILES string of the molecule is CC(=O)N1CC(C(=O)N2CCn3ncnc3C2)Oc2ccccc21. The highest BCUT2D eigenvalue weighted by Gasteiger charge is 2.36. The van der Waals surface area contributed by atoms with Gasteiger partial charge in [-0.3, -0.25) is 9.59 Å². The van der Waals surface area contributed by atoms with E-state index in [4.69, 9.17) is 4.74 Å². The molecule has 3 heterocycles. The minimum atomic E-state index is -0.710. The molecular formula is C16H17N5O3. The molecule has 2 aromatic rings. The Kier molecular flexibility index (Phi) is 3.44.